The fourth-order valence-corrected chi connectivity index (χ4v) is 2.98. The lowest BCUT2D eigenvalue weighted by Crippen LogP contribution is -2.37. The van der Waals surface area contributed by atoms with Crippen molar-refractivity contribution < 1.29 is 10.0 Å². The van der Waals surface area contributed by atoms with E-state index < -0.39 is 4.92 Å². The Kier molecular flexibility index (Phi) is 5.16. The van der Waals surface area contributed by atoms with Gasteiger partial charge in [0.25, 0.3) is 5.69 Å². The number of hydrogen-bond donors (Lipinski definition) is 1. The van der Waals surface area contributed by atoms with E-state index in [1.807, 2.05) is 14.1 Å². The van der Waals surface area contributed by atoms with E-state index >= 15 is 0 Å². The summed E-state index contributed by atoms with van der Waals surface area (Å²) in [6, 6.07) is 5.12. The van der Waals surface area contributed by atoms with Gasteiger partial charge in [-0.15, -0.1) is 0 Å². The highest BCUT2D eigenvalue weighted by atomic mass is 35.5. The van der Waals surface area contributed by atoms with Crippen LogP contribution in [0.1, 0.15) is 12.0 Å². The smallest absolute Gasteiger partial charge is 0.288 e. The number of β-amino-alcohol motifs (C(OH)–C–C–N with tert-alkyl or cyclic N) is 1. The summed E-state index contributed by atoms with van der Waals surface area (Å²) in [5.41, 5.74) is 0.766. The average molecular weight is 314 g/mol. The molecule has 0 aromatic heterocycles. The second kappa shape index (κ2) is 6.70. The van der Waals surface area contributed by atoms with E-state index in [2.05, 4.69) is 9.80 Å². The predicted molar refractivity (Wildman–Crippen MR) is 81.5 cm³/mol. The van der Waals surface area contributed by atoms with Crippen LogP contribution in [0.5, 0.6) is 0 Å². The van der Waals surface area contributed by atoms with Crippen molar-refractivity contribution in [2.45, 2.75) is 25.1 Å². The van der Waals surface area contributed by atoms with Crippen LogP contribution >= 0.6 is 11.6 Å². The van der Waals surface area contributed by atoms with Crippen LogP contribution < -0.4 is 0 Å². The maximum Gasteiger partial charge on any atom is 0.288 e. The second-order valence-corrected chi connectivity index (χ2v) is 6.19. The SMILES string of the molecule is CN(C)CC1CC(O)CN1Cc1ccc(Cl)c([N+](=O)[O-])c1. The van der Waals surface area contributed by atoms with Crippen LogP contribution in [-0.2, 0) is 6.54 Å². The van der Waals surface area contributed by atoms with Crippen molar-refractivity contribution in [2.24, 2.45) is 0 Å². The van der Waals surface area contributed by atoms with Crippen LogP contribution in [0.25, 0.3) is 0 Å². The van der Waals surface area contributed by atoms with E-state index in [0.717, 1.165) is 18.5 Å². The number of likely N-dealkylation sites (tertiary alicyclic amines) is 1. The Morgan fingerprint density at radius 3 is 2.86 bits per heavy atom. The van der Waals surface area contributed by atoms with Gasteiger partial charge in [0, 0.05) is 31.7 Å². The van der Waals surface area contributed by atoms with Gasteiger partial charge in [0.15, 0.2) is 0 Å². The van der Waals surface area contributed by atoms with Gasteiger partial charge in [0.2, 0.25) is 0 Å². The number of nitro groups is 1. The number of likely N-dealkylation sites (N-methyl/N-ethyl adjacent to an activating group) is 1. The summed E-state index contributed by atoms with van der Waals surface area (Å²) in [7, 11) is 3.99. The topological polar surface area (TPSA) is 69.8 Å². The van der Waals surface area contributed by atoms with E-state index in [9.17, 15) is 15.2 Å². The Balaban J connectivity index is 2.13. The molecule has 7 heteroatoms. The number of hydrogen-bond acceptors (Lipinski definition) is 5. The van der Waals surface area contributed by atoms with Crippen molar-refractivity contribution in [3.05, 3.63) is 38.9 Å². The quantitative estimate of drug-likeness (QED) is 0.662. The highest BCUT2D eigenvalue weighted by Crippen LogP contribution is 2.27. The molecule has 116 valence electrons. The van der Waals surface area contributed by atoms with E-state index in [0.29, 0.717) is 13.1 Å². The summed E-state index contributed by atoms with van der Waals surface area (Å²) in [6.45, 7) is 2.02. The van der Waals surface area contributed by atoms with Crippen LogP contribution in [-0.4, -0.2) is 59.2 Å². The summed E-state index contributed by atoms with van der Waals surface area (Å²) >= 11 is 5.83. The molecular weight excluding hydrogens is 294 g/mol. The summed E-state index contributed by atoms with van der Waals surface area (Å²) in [5, 5.41) is 20.9. The molecule has 0 radical (unpaired) electrons. The predicted octanol–water partition coefficient (Wildman–Crippen LogP) is 1.74. The Bertz CT molecular complexity index is 524. The van der Waals surface area contributed by atoms with E-state index in [1.54, 1.807) is 12.1 Å². The van der Waals surface area contributed by atoms with Gasteiger partial charge in [0.05, 0.1) is 11.0 Å². The third kappa shape index (κ3) is 4.14. The second-order valence-electron chi connectivity index (χ2n) is 5.78. The zero-order valence-corrected chi connectivity index (χ0v) is 13.0. The van der Waals surface area contributed by atoms with Crippen molar-refractivity contribution in [3.8, 4) is 0 Å². The van der Waals surface area contributed by atoms with Gasteiger partial charge in [-0.2, -0.15) is 0 Å². The highest BCUT2D eigenvalue weighted by molar-refractivity contribution is 6.32. The molecule has 1 aromatic carbocycles. The number of benzene rings is 1. The molecule has 21 heavy (non-hydrogen) atoms. The molecule has 1 N–H and O–H groups in total. The largest absolute Gasteiger partial charge is 0.392 e. The lowest BCUT2D eigenvalue weighted by Gasteiger charge is -2.26. The normalized spacial score (nSPS) is 22.9. The third-order valence-electron chi connectivity index (χ3n) is 3.67. The zero-order chi connectivity index (χ0) is 15.6. The number of nitrogens with zero attached hydrogens (tertiary/aromatic N) is 3. The van der Waals surface area contributed by atoms with Crippen molar-refractivity contribution >= 4 is 17.3 Å². The van der Waals surface area contributed by atoms with Gasteiger partial charge >= 0.3 is 0 Å². The van der Waals surface area contributed by atoms with Crippen molar-refractivity contribution in [3.63, 3.8) is 0 Å². The third-order valence-corrected chi connectivity index (χ3v) is 3.99. The molecule has 2 rings (SSSR count). The Morgan fingerprint density at radius 2 is 2.24 bits per heavy atom. The molecule has 2 atom stereocenters. The summed E-state index contributed by atoms with van der Waals surface area (Å²) in [5.74, 6) is 0. The molecule has 0 spiro atoms. The molecule has 0 amide bonds. The summed E-state index contributed by atoms with van der Waals surface area (Å²) < 4.78 is 0. The first kappa shape index (κ1) is 16.2. The van der Waals surface area contributed by atoms with Crippen LogP contribution in [0.2, 0.25) is 5.02 Å². The number of rotatable bonds is 5. The van der Waals surface area contributed by atoms with Crippen molar-refractivity contribution in [1.82, 2.24) is 9.80 Å². The van der Waals surface area contributed by atoms with Crippen LogP contribution in [0, 0.1) is 10.1 Å². The molecule has 0 bridgehead atoms. The van der Waals surface area contributed by atoms with Crippen LogP contribution in [0.3, 0.4) is 0 Å². The lowest BCUT2D eigenvalue weighted by atomic mass is 10.1. The van der Waals surface area contributed by atoms with Crippen LogP contribution in [0.15, 0.2) is 18.2 Å². The fourth-order valence-electron chi connectivity index (χ4n) is 2.79. The minimum Gasteiger partial charge on any atom is -0.392 e. The molecule has 1 aliphatic rings. The van der Waals surface area contributed by atoms with Gasteiger partial charge in [-0.3, -0.25) is 15.0 Å². The minimum atomic E-state index is -0.470. The van der Waals surface area contributed by atoms with Gasteiger partial charge in [0.1, 0.15) is 5.02 Å². The van der Waals surface area contributed by atoms with Gasteiger partial charge < -0.3 is 10.0 Å². The first-order valence-electron chi connectivity index (χ1n) is 6.86. The first-order chi connectivity index (χ1) is 9.86. The number of nitro benzene ring substituents is 1. The van der Waals surface area contributed by atoms with Crippen molar-refractivity contribution in [1.29, 1.82) is 0 Å². The molecule has 1 heterocycles. The van der Waals surface area contributed by atoms with Gasteiger partial charge in [-0.25, -0.2) is 0 Å². The summed E-state index contributed by atoms with van der Waals surface area (Å²) in [4.78, 5) is 14.7. The number of aliphatic hydroxyl groups is 1. The molecule has 1 aliphatic heterocycles. The van der Waals surface area contributed by atoms with E-state index in [4.69, 9.17) is 11.6 Å². The average Bonchev–Trinajstić information content (AvgIpc) is 2.70. The molecule has 6 nitrogen and oxygen atoms in total. The standard InChI is InChI=1S/C14H20ClN3O3/c1-16(2)8-11-6-12(19)9-17(11)7-10-3-4-13(15)14(5-10)18(20)21/h3-5,11-12,19H,6-9H2,1-2H3. The number of aliphatic hydroxyl groups excluding tert-OH is 1. The maximum absolute atomic E-state index is 10.9. The Hall–Kier alpha value is -1.21. The maximum atomic E-state index is 10.9. The fraction of sp³-hybridized carbons (Fsp3) is 0.571. The number of halogens is 1. The lowest BCUT2D eigenvalue weighted by molar-refractivity contribution is -0.384. The summed E-state index contributed by atoms with van der Waals surface area (Å²) in [6.07, 6.45) is 0.394. The molecular formula is C14H20ClN3O3. The molecule has 1 fully saturated rings. The molecule has 0 aliphatic carbocycles. The van der Waals surface area contributed by atoms with Gasteiger partial charge in [-0.05, 0) is 32.1 Å². The monoisotopic (exact) mass is 313 g/mol. The van der Waals surface area contributed by atoms with E-state index in [-0.39, 0.29) is 22.9 Å². The zero-order valence-electron chi connectivity index (χ0n) is 12.2. The van der Waals surface area contributed by atoms with Crippen LogP contribution in [0.4, 0.5) is 5.69 Å². The Morgan fingerprint density at radius 1 is 1.52 bits per heavy atom. The molecule has 1 saturated heterocycles. The molecule has 2 unspecified atom stereocenters. The van der Waals surface area contributed by atoms with E-state index in [1.165, 1.54) is 6.07 Å². The highest BCUT2D eigenvalue weighted by Gasteiger charge is 2.31. The first-order valence-corrected chi connectivity index (χ1v) is 7.24. The molecule has 0 saturated carbocycles. The minimum absolute atomic E-state index is 0.0712. The van der Waals surface area contributed by atoms with Gasteiger partial charge in [-0.1, -0.05) is 17.7 Å². The van der Waals surface area contributed by atoms with Crippen molar-refractivity contribution in [2.75, 3.05) is 27.2 Å². The Labute approximate surface area is 129 Å². The molecule has 1 aromatic rings.